The molecule has 1 heterocycles. The van der Waals surface area contributed by atoms with Crippen molar-refractivity contribution in [1.82, 2.24) is 4.98 Å². The summed E-state index contributed by atoms with van der Waals surface area (Å²) in [7, 11) is 0. The lowest BCUT2D eigenvalue weighted by Gasteiger charge is -2.02. The van der Waals surface area contributed by atoms with Crippen molar-refractivity contribution in [1.29, 1.82) is 0 Å². The number of pyridine rings is 1. The van der Waals surface area contributed by atoms with E-state index in [9.17, 15) is 4.79 Å². The van der Waals surface area contributed by atoms with Crippen LogP contribution < -0.4 is 10.2 Å². The van der Waals surface area contributed by atoms with Gasteiger partial charge in [-0.1, -0.05) is 12.7 Å². The zero-order valence-electron chi connectivity index (χ0n) is 7.12. The van der Waals surface area contributed by atoms with Gasteiger partial charge in [0, 0.05) is 18.0 Å². The van der Waals surface area contributed by atoms with Crippen molar-refractivity contribution in [2.45, 2.75) is 6.61 Å². The highest BCUT2D eigenvalue weighted by atomic mass is 16.5. The van der Waals surface area contributed by atoms with E-state index in [1.54, 1.807) is 6.08 Å². The van der Waals surface area contributed by atoms with Gasteiger partial charge in [0.05, 0.1) is 6.61 Å². The predicted octanol–water partition coefficient (Wildman–Crippen LogP) is 0.432. The maximum atomic E-state index is 11.2. The van der Waals surface area contributed by atoms with Gasteiger partial charge in [-0.3, -0.25) is 4.79 Å². The first-order chi connectivity index (χ1) is 6.27. The summed E-state index contributed by atoms with van der Waals surface area (Å²) >= 11 is 0. The number of nitrogens with one attached hydrogen (secondary N) is 1. The molecule has 0 bridgehead atoms. The fourth-order valence-corrected chi connectivity index (χ4v) is 0.853. The van der Waals surface area contributed by atoms with Gasteiger partial charge in [-0.15, -0.1) is 0 Å². The third-order valence-electron chi connectivity index (χ3n) is 1.46. The van der Waals surface area contributed by atoms with Crippen LogP contribution in [0, 0.1) is 0 Å². The molecule has 0 unspecified atom stereocenters. The minimum absolute atomic E-state index is 0.184. The fraction of sp³-hybridized carbons (Fsp3) is 0.222. The van der Waals surface area contributed by atoms with Crippen LogP contribution in [-0.2, 0) is 6.61 Å². The maximum Gasteiger partial charge on any atom is 0.223 e. The van der Waals surface area contributed by atoms with Crippen molar-refractivity contribution in [3.63, 3.8) is 0 Å². The van der Waals surface area contributed by atoms with Crippen LogP contribution in [0.2, 0.25) is 0 Å². The smallest absolute Gasteiger partial charge is 0.223 e. The second kappa shape index (κ2) is 4.47. The molecule has 0 saturated heterocycles. The van der Waals surface area contributed by atoms with Crippen LogP contribution in [0.3, 0.4) is 0 Å². The van der Waals surface area contributed by atoms with Gasteiger partial charge in [0.15, 0.2) is 5.75 Å². The van der Waals surface area contributed by atoms with E-state index < -0.39 is 0 Å². The molecule has 4 heteroatoms. The molecular formula is C9H11NO3. The van der Waals surface area contributed by atoms with E-state index in [2.05, 4.69) is 11.6 Å². The summed E-state index contributed by atoms with van der Waals surface area (Å²) in [5, 5.41) is 8.70. The Bertz CT molecular complexity index is 343. The maximum absolute atomic E-state index is 11.2. The number of H-pyrrole nitrogens is 1. The third kappa shape index (κ3) is 2.45. The van der Waals surface area contributed by atoms with Gasteiger partial charge in [-0.25, -0.2) is 0 Å². The fourth-order valence-electron chi connectivity index (χ4n) is 0.853. The molecule has 4 nitrogen and oxygen atoms in total. The molecular weight excluding hydrogens is 170 g/mol. The Morgan fingerprint density at radius 2 is 2.46 bits per heavy atom. The molecule has 1 rings (SSSR count). The number of aliphatic hydroxyl groups is 1. The predicted molar refractivity (Wildman–Crippen MR) is 48.7 cm³/mol. The summed E-state index contributed by atoms with van der Waals surface area (Å²) in [4.78, 5) is 13.9. The third-order valence-corrected chi connectivity index (χ3v) is 1.46. The number of hydrogen-bond donors (Lipinski definition) is 2. The molecule has 0 spiro atoms. The Balaban J connectivity index is 2.85. The van der Waals surface area contributed by atoms with E-state index >= 15 is 0 Å². The van der Waals surface area contributed by atoms with Crippen LogP contribution in [0.15, 0.2) is 29.7 Å². The van der Waals surface area contributed by atoms with E-state index in [1.807, 2.05) is 0 Å². The summed E-state index contributed by atoms with van der Waals surface area (Å²) in [6.07, 6.45) is 2.98. The molecule has 0 aliphatic rings. The van der Waals surface area contributed by atoms with Crippen LogP contribution >= 0.6 is 0 Å². The molecule has 70 valence electrons. The average molecular weight is 181 g/mol. The van der Waals surface area contributed by atoms with Crippen LogP contribution in [0.5, 0.6) is 5.75 Å². The highest BCUT2D eigenvalue weighted by Crippen LogP contribution is 2.01. The second-order valence-corrected chi connectivity index (χ2v) is 2.44. The number of aromatic amines is 1. The first-order valence-electron chi connectivity index (χ1n) is 3.84. The summed E-state index contributed by atoms with van der Waals surface area (Å²) in [6, 6.07) is 1.30. The lowest BCUT2D eigenvalue weighted by molar-refractivity contribution is 0.276. The zero-order chi connectivity index (χ0) is 9.68. The molecule has 0 atom stereocenters. The molecule has 1 aromatic rings. The van der Waals surface area contributed by atoms with Crippen molar-refractivity contribution in [3.8, 4) is 5.75 Å². The van der Waals surface area contributed by atoms with E-state index in [-0.39, 0.29) is 17.8 Å². The molecule has 0 fully saturated rings. The lowest BCUT2D eigenvalue weighted by Crippen LogP contribution is -2.09. The van der Waals surface area contributed by atoms with Crippen LogP contribution in [0.4, 0.5) is 0 Å². The molecule has 1 aromatic heterocycles. The largest absolute Gasteiger partial charge is 0.484 e. The van der Waals surface area contributed by atoms with Gasteiger partial charge in [0.2, 0.25) is 5.43 Å². The number of hydrogen-bond acceptors (Lipinski definition) is 3. The van der Waals surface area contributed by atoms with Crippen molar-refractivity contribution in [2.75, 3.05) is 6.61 Å². The number of aromatic nitrogens is 1. The molecule has 0 aromatic carbocycles. The molecule has 0 radical (unpaired) electrons. The molecule has 13 heavy (non-hydrogen) atoms. The van der Waals surface area contributed by atoms with Gasteiger partial charge in [-0.05, 0) is 0 Å². The summed E-state index contributed by atoms with van der Waals surface area (Å²) in [5.41, 5.74) is 0.223. The van der Waals surface area contributed by atoms with Gasteiger partial charge >= 0.3 is 0 Å². The zero-order valence-corrected chi connectivity index (χ0v) is 7.12. The Hall–Kier alpha value is -1.55. The van der Waals surface area contributed by atoms with Gasteiger partial charge in [0.25, 0.3) is 0 Å². The van der Waals surface area contributed by atoms with Crippen LogP contribution in [0.25, 0.3) is 0 Å². The number of ether oxygens (including phenoxy) is 1. The van der Waals surface area contributed by atoms with Crippen molar-refractivity contribution < 1.29 is 9.84 Å². The van der Waals surface area contributed by atoms with Crippen LogP contribution in [-0.4, -0.2) is 16.7 Å². The first kappa shape index (κ1) is 9.54. The lowest BCUT2D eigenvalue weighted by atomic mass is 10.3. The second-order valence-electron chi connectivity index (χ2n) is 2.44. The Labute approximate surface area is 75.5 Å². The number of rotatable bonds is 4. The SMILES string of the molecule is C=CCOc1c[nH]c(CO)cc1=O. The molecule has 0 saturated carbocycles. The Kier molecular flexibility index (Phi) is 3.28. The molecule has 0 aliphatic carbocycles. The normalized spacial score (nSPS) is 9.62. The van der Waals surface area contributed by atoms with Crippen molar-refractivity contribution >= 4 is 0 Å². The van der Waals surface area contributed by atoms with E-state index in [4.69, 9.17) is 9.84 Å². The van der Waals surface area contributed by atoms with Crippen LogP contribution in [0.1, 0.15) is 5.69 Å². The number of aliphatic hydroxyl groups excluding tert-OH is 1. The minimum Gasteiger partial charge on any atom is -0.484 e. The van der Waals surface area contributed by atoms with Gasteiger partial charge in [-0.2, -0.15) is 0 Å². The Morgan fingerprint density at radius 3 is 3.00 bits per heavy atom. The van der Waals surface area contributed by atoms with Crippen molar-refractivity contribution in [3.05, 3.63) is 40.8 Å². The van der Waals surface area contributed by atoms with E-state index in [0.29, 0.717) is 12.3 Å². The monoisotopic (exact) mass is 181 g/mol. The topological polar surface area (TPSA) is 62.3 Å². The molecule has 0 amide bonds. The standard InChI is InChI=1S/C9H11NO3/c1-2-3-13-9-5-10-7(6-11)4-8(9)12/h2,4-5,11H,1,3,6H2,(H,10,12). The highest BCUT2D eigenvalue weighted by Gasteiger charge is 1.99. The van der Waals surface area contributed by atoms with Gasteiger partial charge in [0.1, 0.15) is 6.61 Å². The summed E-state index contributed by atoms with van der Waals surface area (Å²) < 4.78 is 5.04. The quantitative estimate of drug-likeness (QED) is 0.662. The van der Waals surface area contributed by atoms with E-state index in [1.165, 1.54) is 12.3 Å². The molecule has 0 aliphatic heterocycles. The summed E-state index contributed by atoms with van der Waals surface area (Å²) in [6.45, 7) is 3.57. The first-order valence-corrected chi connectivity index (χ1v) is 3.84. The summed E-state index contributed by atoms with van der Waals surface area (Å²) in [5.74, 6) is 0.233. The van der Waals surface area contributed by atoms with Crippen molar-refractivity contribution in [2.24, 2.45) is 0 Å². The van der Waals surface area contributed by atoms with E-state index in [0.717, 1.165) is 0 Å². The van der Waals surface area contributed by atoms with Gasteiger partial charge < -0.3 is 14.8 Å². The molecule has 2 N–H and O–H groups in total. The Morgan fingerprint density at radius 1 is 1.69 bits per heavy atom. The average Bonchev–Trinajstić information content (AvgIpc) is 2.16. The highest BCUT2D eigenvalue weighted by molar-refractivity contribution is 5.20. The minimum atomic E-state index is -0.246.